The zero-order valence-corrected chi connectivity index (χ0v) is 13.0. The van der Waals surface area contributed by atoms with Crippen LogP contribution in [-0.2, 0) is 11.3 Å². The number of carbonyl (C=O) groups is 1. The van der Waals surface area contributed by atoms with Crippen LogP contribution in [0.25, 0.3) is 0 Å². The van der Waals surface area contributed by atoms with Crippen molar-refractivity contribution in [2.24, 2.45) is 5.92 Å². The Morgan fingerprint density at radius 3 is 2.43 bits per heavy atom. The number of hydrogen-bond acceptors (Lipinski definition) is 2. The van der Waals surface area contributed by atoms with E-state index in [1.165, 1.54) is 6.07 Å². The third-order valence-corrected chi connectivity index (χ3v) is 4.48. The molecule has 0 bridgehead atoms. The molecule has 0 heterocycles. The third kappa shape index (κ3) is 4.47. The average molecular weight is 330 g/mol. The van der Waals surface area contributed by atoms with Gasteiger partial charge >= 0.3 is 12.1 Å². The highest BCUT2D eigenvalue weighted by molar-refractivity contribution is 5.89. The fourth-order valence-electron chi connectivity index (χ4n) is 3.16. The van der Waals surface area contributed by atoms with Crippen LogP contribution in [0, 0.1) is 5.92 Å². The van der Waals surface area contributed by atoms with Gasteiger partial charge in [0.2, 0.25) is 0 Å². The maximum Gasteiger partial charge on any atom is 0.391 e. The normalized spacial score (nSPS) is 22.1. The second-order valence-electron chi connectivity index (χ2n) is 5.95. The lowest BCUT2D eigenvalue weighted by molar-refractivity contribution is -0.182. The van der Waals surface area contributed by atoms with E-state index in [9.17, 15) is 23.1 Å². The zero-order valence-electron chi connectivity index (χ0n) is 13.0. The molecule has 6 heteroatoms. The molecule has 1 N–H and O–H groups in total. The lowest BCUT2D eigenvalue weighted by Crippen LogP contribution is -2.27. The molecule has 3 nitrogen and oxygen atoms in total. The Kier molecular flexibility index (Phi) is 5.68. The molecule has 0 spiro atoms. The van der Waals surface area contributed by atoms with Crippen LogP contribution in [0.5, 0.6) is 0 Å². The van der Waals surface area contributed by atoms with Crippen molar-refractivity contribution < 1.29 is 27.8 Å². The van der Waals surface area contributed by atoms with Crippen molar-refractivity contribution in [2.45, 2.75) is 51.3 Å². The summed E-state index contributed by atoms with van der Waals surface area (Å²) in [4.78, 5) is 11.2. The first-order chi connectivity index (χ1) is 10.8. The van der Waals surface area contributed by atoms with Crippen molar-refractivity contribution in [1.29, 1.82) is 0 Å². The predicted octanol–water partition coefficient (Wildman–Crippen LogP) is 4.76. The molecule has 1 aromatic carbocycles. The minimum absolute atomic E-state index is 0.0526. The molecule has 0 aromatic heterocycles. The van der Waals surface area contributed by atoms with E-state index in [0.717, 1.165) is 5.56 Å². The van der Waals surface area contributed by atoms with Gasteiger partial charge in [-0.2, -0.15) is 13.2 Å². The molecule has 0 aliphatic heterocycles. The number of alkyl halides is 3. The molecule has 0 saturated heterocycles. The summed E-state index contributed by atoms with van der Waals surface area (Å²) in [5.74, 6) is -2.18. The maximum absolute atomic E-state index is 12.7. The van der Waals surface area contributed by atoms with E-state index in [1.807, 2.05) is 6.92 Å². The highest BCUT2D eigenvalue weighted by Gasteiger charge is 2.41. The number of carboxylic acid groups (broad SMARTS) is 1. The highest BCUT2D eigenvalue weighted by atomic mass is 19.4. The summed E-state index contributed by atoms with van der Waals surface area (Å²) in [6.07, 6.45) is -2.89. The van der Waals surface area contributed by atoms with Crippen LogP contribution in [0.4, 0.5) is 13.2 Å². The van der Waals surface area contributed by atoms with Gasteiger partial charge in [0, 0.05) is 6.61 Å². The lowest BCUT2D eigenvalue weighted by Gasteiger charge is -2.30. The van der Waals surface area contributed by atoms with E-state index >= 15 is 0 Å². The van der Waals surface area contributed by atoms with Gasteiger partial charge in [0.15, 0.2) is 0 Å². The number of rotatable bonds is 5. The van der Waals surface area contributed by atoms with Crippen LogP contribution in [0.3, 0.4) is 0 Å². The molecule has 1 aromatic rings. The molecule has 1 aliphatic carbocycles. The molecule has 1 aliphatic rings. The van der Waals surface area contributed by atoms with Gasteiger partial charge in [0.25, 0.3) is 0 Å². The molecule has 23 heavy (non-hydrogen) atoms. The van der Waals surface area contributed by atoms with E-state index in [4.69, 9.17) is 4.74 Å². The summed E-state index contributed by atoms with van der Waals surface area (Å²) in [7, 11) is 0. The van der Waals surface area contributed by atoms with Crippen molar-refractivity contribution in [2.75, 3.05) is 6.61 Å². The summed E-state index contributed by atoms with van der Waals surface area (Å²) in [6, 6.07) is 5.02. The van der Waals surface area contributed by atoms with Crippen LogP contribution < -0.4 is 0 Å². The number of halogens is 3. The molecule has 0 unspecified atom stereocenters. The second kappa shape index (κ2) is 7.34. The Balaban J connectivity index is 2.13. The molecule has 0 radical (unpaired) electrons. The van der Waals surface area contributed by atoms with Crippen LogP contribution in [0.2, 0.25) is 0 Å². The standard InChI is InChI=1S/C17H21F3O3/c1-2-23-10-13-9-12(5-8-15(13)16(21)22)11-3-6-14(7-4-11)17(18,19)20/h5,8-9,11,14H,2-4,6-7,10H2,1H3,(H,21,22). The van der Waals surface area contributed by atoms with Crippen LogP contribution in [0.15, 0.2) is 18.2 Å². The fourth-order valence-corrected chi connectivity index (χ4v) is 3.16. The molecule has 0 amide bonds. The van der Waals surface area contributed by atoms with E-state index in [-0.39, 0.29) is 30.9 Å². The maximum atomic E-state index is 12.7. The Hall–Kier alpha value is -1.56. The second-order valence-corrected chi connectivity index (χ2v) is 5.95. The molecular formula is C17H21F3O3. The van der Waals surface area contributed by atoms with Gasteiger partial charge in [-0.25, -0.2) is 4.79 Å². The molecule has 2 rings (SSSR count). The van der Waals surface area contributed by atoms with Crippen molar-refractivity contribution in [3.63, 3.8) is 0 Å². The first kappa shape index (κ1) is 17.8. The summed E-state index contributed by atoms with van der Waals surface area (Å²) in [5.41, 5.74) is 1.67. The van der Waals surface area contributed by atoms with Gasteiger partial charge in [0.1, 0.15) is 0 Å². The topological polar surface area (TPSA) is 46.5 Å². The summed E-state index contributed by atoms with van der Waals surface area (Å²) < 4.78 is 43.5. The molecule has 128 valence electrons. The smallest absolute Gasteiger partial charge is 0.391 e. The van der Waals surface area contributed by atoms with Gasteiger partial charge < -0.3 is 9.84 Å². The third-order valence-electron chi connectivity index (χ3n) is 4.48. The number of hydrogen-bond donors (Lipinski definition) is 1. The number of benzene rings is 1. The first-order valence-electron chi connectivity index (χ1n) is 7.83. The van der Waals surface area contributed by atoms with E-state index in [0.29, 0.717) is 25.0 Å². The first-order valence-corrected chi connectivity index (χ1v) is 7.83. The van der Waals surface area contributed by atoms with Crippen LogP contribution in [0.1, 0.15) is 60.0 Å². The van der Waals surface area contributed by atoms with Crippen molar-refractivity contribution >= 4 is 5.97 Å². The van der Waals surface area contributed by atoms with Gasteiger partial charge in [0.05, 0.1) is 18.1 Å². The number of ether oxygens (including phenoxy) is 1. The van der Waals surface area contributed by atoms with E-state index in [2.05, 4.69) is 0 Å². The quantitative estimate of drug-likeness (QED) is 0.847. The van der Waals surface area contributed by atoms with Gasteiger partial charge in [-0.1, -0.05) is 12.1 Å². The Morgan fingerprint density at radius 1 is 1.26 bits per heavy atom. The van der Waals surface area contributed by atoms with Crippen molar-refractivity contribution in [3.8, 4) is 0 Å². The molecular weight excluding hydrogens is 309 g/mol. The Bertz CT molecular complexity index is 547. The van der Waals surface area contributed by atoms with Crippen molar-refractivity contribution in [1.82, 2.24) is 0 Å². The lowest BCUT2D eigenvalue weighted by atomic mass is 9.78. The SMILES string of the molecule is CCOCc1cc(C2CCC(C(F)(F)F)CC2)ccc1C(=O)O. The summed E-state index contributed by atoms with van der Waals surface area (Å²) in [6.45, 7) is 2.49. The van der Waals surface area contributed by atoms with Gasteiger partial charge in [-0.05, 0) is 55.7 Å². The summed E-state index contributed by atoms with van der Waals surface area (Å²) >= 11 is 0. The monoisotopic (exact) mass is 330 g/mol. The van der Waals surface area contributed by atoms with Gasteiger partial charge in [-0.15, -0.1) is 0 Å². The highest BCUT2D eigenvalue weighted by Crippen LogP contribution is 2.43. The molecule has 1 saturated carbocycles. The summed E-state index contributed by atoms with van der Waals surface area (Å²) in [5, 5.41) is 9.21. The average Bonchev–Trinajstić information content (AvgIpc) is 2.51. The van der Waals surface area contributed by atoms with E-state index < -0.39 is 18.1 Å². The zero-order chi connectivity index (χ0) is 17.0. The fraction of sp³-hybridized carbons (Fsp3) is 0.588. The Labute approximate surface area is 133 Å². The molecule has 0 atom stereocenters. The number of aromatic carboxylic acids is 1. The minimum Gasteiger partial charge on any atom is -0.478 e. The predicted molar refractivity (Wildman–Crippen MR) is 79.5 cm³/mol. The van der Waals surface area contributed by atoms with Gasteiger partial charge in [-0.3, -0.25) is 0 Å². The number of carboxylic acids is 1. The molecule has 1 fully saturated rings. The van der Waals surface area contributed by atoms with Crippen LogP contribution >= 0.6 is 0 Å². The van der Waals surface area contributed by atoms with E-state index in [1.54, 1.807) is 12.1 Å². The Morgan fingerprint density at radius 2 is 1.91 bits per heavy atom. The van der Waals surface area contributed by atoms with Crippen LogP contribution in [-0.4, -0.2) is 23.9 Å². The largest absolute Gasteiger partial charge is 0.478 e. The van der Waals surface area contributed by atoms with Crippen molar-refractivity contribution in [3.05, 3.63) is 34.9 Å². The minimum atomic E-state index is -4.11.